The number of nitrogens with zero attached hydrogens (tertiary/aromatic N) is 4. The summed E-state index contributed by atoms with van der Waals surface area (Å²) in [6.45, 7) is 10.2. The molecule has 0 spiro atoms. The van der Waals surface area contributed by atoms with Crippen LogP contribution in [0.25, 0.3) is 0 Å². The van der Waals surface area contributed by atoms with Crippen LogP contribution < -0.4 is 5.32 Å². The molecule has 0 radical (unpaired) electrons. The lowest BCUT2D eigenvalue weighted by Gasteiger charge is -2.38. The molecule has 152 valence electrons. The Hall–Kier alpha value is -2.65. The summed E-state index contributed by atoms with van der Waals surface area (Å²) in [7, 11) is 0. The highest BCUT2D eigenvalue weighted by Crippen LogP contribution is 2.27. The molecule has 0 unspecified atom stereocenters. The minimum atomic E-state index is -0.860. The number of piperazine rings is 1. The van der Waals surface area contributed by atoms with Crippen LogP contribution in [0.15, 0.2) is 16.5 Å². The number of nitrogens with one attached hydrogen (secondary N) is 1. The normalized spacial score (nSPS) is 18.9. The molecule has 28 heavy (non-hydrogen) atoms. The number of amides is 1. The van der Waals surface area contributed by atoms with Crippen LogP contribution in [-0.4, -0.2) is 62.0 Å². The maximum atomic E-state index is 11.3. The Morgan fingerprint density at radius 1 is 1.36 bits per heavy atom. The first kappa shape index (κ1) is 20.1. The van der Waals surface area contributed by atoms with Gasteiger partial charge in [0.1, 0.15) is 6.10 Å². The summed E-state index contributed by atoms with van der Waals surface area (Å²) >= 11 is 0. The fourth-order valence-corrected chi connectivity index (χ4v) is 3.50. The summed E-state index contributed by atoms with van der Waals surface area (Å²) in [6.07, 6.45) is -1.68. The molecule has 0 bridgehead atoms. The number of benzene rings is 1. The molecule has 9 nitrogen and oxygen atoms in total. The molecule has 0 saturated carbocycles. The first-order chi connectivity index (χ1) is 13.2. The average molecular weight is 389 g/mol. The molecule has 1 aliphatic rings. The van der Waals surface area contributed by atoms with Crippen LogP contribution >= 0.6 is 0 Å². The second kappa shape index (κ2) is 8.15. The Kier molecular flexibility index (Phi) is 5.85. The van der Waals surface area contributed by atoms with Gasteiger partial charge in [-0.1, -0.05) is 11.2 Å². The molecule has 1 aromatic heterocycles. The number of aliphatic hydroxyl groups is 1. The van der Waals surface area contributed by atoms with Gasteiger partial charge in [0, 0.05) is 37.9 Å². The smallest absolute Gasteiger partial charge is 0.407 e. The third-order valence-electron chi connectivity index (χ3n) is 5.05. The molecule has 2 heterocycles. The van der Waals surface area contributed by atoms with Crippen LogP contribution in [0.2, 0.25) is 0 Å². The summed E-state index contributed by atoms with van der Waals surface area (Å²) in [5.41, 5.74) is 4.19. The lowest BCUT2D eigenvalue weighted by molar-refractivity contribution is 0.0710. The van der Waals surface area contributed by atoms with E-state index < -0.39 is 12.2 Å². The van der Waals surface area contributed by atoms with Gasteiger partial charge in [-0.05, 0) is 50.5 Å². The second-order valence-corrected chi connectivity index (χ2v) is 7.40. The molecule has 3 N–H and O–H groups in total. The fourth-order valence-electron chi connectivity index (χ4n) is 3.50. The number of aromatic nitrogens is 2. The Bertz CT molecular complexity index is 851. The first-order valence-corrected chi connectivity index (χ1v) is 9.35. The van der Waals surface area contributed by atoms with Crippen molar-refractivity contribution in [1.29, 1.82) is 0 Å². The van der Waals surface area contributed by atoms with Crippen molar-refractivity contribution in [1.82, 2.24) is 20.0 Å². The summed E-state index contributed by atoms with van der Waals surface area (Å²) in [6, 6.07) is 4.35. The predicted molar refractivity (Wildman–Crippen MR) is 104 cm³/mol. The summed E-state index contributed by atoms with van der Waals surface area (Å²) in [4.78, 5) is 15.0. The van der Waals surface area contributed by atoms with Gasteiger partial charge in [-0.2, -0.15) is 0 Å². The van der Waals surface area contributed by atoms with Gasteiger partial charge in [-0.15, -0.1) is 5.10 Å². The molecule has 2 aromatic rings. The largest absolute Gasteiger partial charge is 0.465 e. The highest BCUT2D eigenvalue weighted by Gasteiger charge is 2.27. The minimum Gasteiger partial charge on any atom is -0.465 e. The van der Waals surface area contributed by atoms with Gasteiger partial charge in [-0.3, -0.25) is 4.90 Å². The molecule has 1 aromatic carbocycles. The SMILES string of the molecule is Cc1cc(CN2CCN(C(=O)O)[C@@H](C)C2)c(C)c(Nc2nnc([C@H](C)O)o2)c1. The minimum absolute atomic E-state index is 0.0359. The molecular weight excluding hydrogens is 362 g/mol. The fraction of sp³-hybridized carbons (Fsp3) is 0.526. The Labute approximate surface area is 164 Å². The van der Waals surface area contributed by atoms with Crippen molar-refractivity contribution >= 4 is 17.8 Å². The van der Waals surface area contributed by atoms with Crippen molar-refractivity contribution < 1.29 is 19.4 Å². The Balaban J connectivity index is 1.74. The molecule has 1 amide bonds. The van der Waals surface area contributed by atoms with Crippen LogP contribution in [0.3, 0.4) is 0 Å². The summed E-state index contributed by atoms with van der Waals surface area (Å²) in [5, 5.41) is 29.7. The first-order valence-electron chi connectivity index (χ1n) is 9.35. The zero-order chi connectivity index (χ0) is 20.4. The van der Waals surface area contributed by atoms with E-state index in [0.29, 0.717) is 19.6 Å². The van der Waals surface area contributed by atoms with Crippen molar-refractivity contribution in [3.05, 3.63) is 34.7 Å². The van der Waals surface area contributed by atoms with Gasteiger partial charge < -0.3 is 24.8 Å². The van der Waals surface area contributed by atoms with E-state index in [9.17, 15) is 15.0 Å². The molecule has 1 fully saturated rings. The number of rotatable bonds is 5. The zero-order valence-corrected chi connectivity index (χ0v) is 16.6. The van der Waals surface area contributed by atoms with Crippen LogP contribution in [0.4, 0.5) is 16.5 Å². The quantitative estimate of drug-likeness (QED) is 0.715. The number of aliphatic hydroxyl groups excluding tert-OH is 1. The van der Waals surface area contributed by atoms with Crippen molar-refractivity contribution in [3.8, 4) is 0 Å². The summed E-state index contributed by atoms with van der Waals surface area (Å²) in [5.74, 6) is 0.165. The second-order valence-electron chi connectivity index (χ2n) is 7.40. The van der Waals surface area contributed by atoms with E-state index in [2.05, 4.69) is 26.5 Å². The van der Waals surface area contributed by atoms with Crippen LogP contribution in [-0.2, 0) is 6.54 Å². The van der Waals surface area contributed by atoms with Crippen LogP contribution in [0, 0.1) is 13.8 Å². The number of anilines is 2. The number of aryl methyl sites for hydroxylation is 1. The molecule has 1 saturated heterocycles. The van der Waals surface area contributed by atoms with E-state index in [1.54, 1.807) is 6.92 Å². The van der Waals surface area contributed by atoms with Crippen molar-refractivity contribution in [2.75, 3.05) is 25.0 Å². The maximum absolute atomic E-state index is 11.3. The van der Waals surface area contributed by atoms with Gasteiger partial charge in [-0.25, -0.2) is 4.79 Å². The Morgan fingerprint density at radius 3 is 2.71 bits per heavy atom. The van der Waals surface area contributed by atoms with Gasteiger partial charge in [0.15, 0.2) is 0 Å². The van der Waals surface area contributed by atoms with Gasteiger partial charge >= 0.3 is 12.1 Å². The maximum Gasteiger partial charge on any atom is 0.407 e. The van der Waals surface area contributed by atoms with Gasteiger partial charge in [0.2, 0.25) is 5.89 Å². The van der Waals surface area contributed by atoms with E-state index >= 15 is 0 Å². The standard InChI is InChI=1S/C19H27N5O4/c1-11-7-15(10-23-5-6-24(19(26)27)12(2)9-23)13(3)16(8-11)20-18-22-21-17(28-18)14(4)25/h7-8,12,14,25H,5-6,9-10H2,1-4H3,(H,20,22)(H,26,27)/t12-,14-/m0/s1. The molecule has 2 atom stereocenters. The van der Waals surface area contributed by atoms with E-state index in [1.807, 2.05) is 26.8 Å². The van der Waals surface area contributed by atoms with E-state index in [-0.39, 0.29) is 17.9 Å². The molecule has 3 rings (SSSR count). The van der Waals surface area contributed by atoms with Crippen LogP contribution in [0.1, 0.15) is 42.5 Å². The summed E-state index contributed by atoms with van der Waals surface area (Å²) < 4.78 is 5.43. The monoisotopic (exact) mass is 389 g/mol. The average Bonchev–Trinajstić information content (AvgIpc) is 3.07. The third-order valence-corrected chi connectivity index (χ3v) is 5.05. The number of carboxylic acid groups (broad SMARTS) is 1. The van der Waals surface area contributed by atoms with Crippen LogP contribution in [0.5, 0.6) is 0 Å². The van der Waals surface area contributed by atoms with E-state index in [4.69, 9.17) is 4.42 Å². The van der Waals surface area contributed by atoms with Crippen molar-refractivity contribution in [2.45, 2.75) is 46.4 Å². The molecule has 9 heteroatoms. The number of hydrogen-bond acceptors (Lipinski definition) is 7. The number of hydrogen-bond donors (Lipinski definition) is 3. The zero-order valence-electron chi connectivity index (χ0n) is 16.6. The third kappa shape index (κ3) is 4.42. The van der Waals surface area contributed by atoms with E-state index in [0.717, 1.165) is 28.9 Å². The van der Waals surface area contributed by atoms with E-state index in [1.165, 1.54) is 4.90 Å². The van der Waals surface area contributed by atoms with Crippen molar-refractivity contribution in [3.63, 3.8) is 0 Å². The number of carbonyl (C=O) groups is 1. The molecular formula is C19H27N5O4. The highest BCUT2D eigenvalue weighted by molar-refractivity contribution is 5.65. The van der Waals surface area contributed by atoms with Gasteiger partial charge in [0.05, 0.1) is 0 Å². The lowest BCUT2D eigenvalue weighted by Crippen LogP contribution is -2.53. The molecule has 0 aliphatic carbocycles. The predicted octanol–water partition coefficient (Wildman–Crippen LogP) is 2.67. The topological polar surface area (TPSA) is 115 Å². The van der Waals surface area contributed by atoms with Gasteiger partial charge in [0.25, 0.3) is 0 Å². The molecule has 1 aliphatic heterocycles. The lowest BCUT2D eigenvalue weighted by atomic mass is 10.0. The van der Waals surface area contributed by atoms with Crippen molar-refractivity contribution in [2.24, 2.45) is 0 Å². The Morgan fingerprint density at radius 2 is 2.11 bits per heavy atom. The highest BCUT2D eigenvalue weighted by atomic mass is 16.4.